The van der Waals surface area contributed by atoms with Gasteiger partial charge in [0.25, 0.3) is 0 Å². The number of nitrogens with zero attached hydrogens (tertiary/aromatic N) is 1. The summed E-state index contributed by atoms with van der Waals surface area (Å²) in [5.74, 6) is -0.617. The molecule has 1 fully saturated rings. The van der Waals surface area contributed by atoms with Crippen molar-refractivity contribution in [2.75, 3.05) is 6.54 Å². The second-order valence-electron chi connectivity index (χ2n) is 4.98. The van der Waals surface area contributed by atoms with Crippen LogP contribution in [0.25, 0.3) is 0 Å². The van der Waals surface area contributed by atoms with E-state index in [1.807, 2.05) is 6.07 Å². The number of nitriles is 1. The lowest BCUT2D eigenvalue weighted by molar-refractivity contribution is -0.124. The molecule has 1 amide bonds. The molecule has 0 spiro atoms. The maximum Gasteiger partial charge on any atom is 0.223 e. The third kappa shape index (κ3) is 3.36. The first kappa shape index (κ1) is 15.8. The van der Waals surface area contributed by atoms with E-state index in [1.54, 1.807) is 18.2 Å². The highest BCUT2D eigenvalue weighted by Gasteiger charge is 2.38. The second-order valence-corrected chi connectivity index (χ2v) is 7.59. The highest BCUT2D eigenvalue weighted by molar-refractivity contribution is 7.92. The summed E-state index contributed by atoms with van der Waals surface area (Å²) in [6, 6.07) is 8.16. The first-order valence-electron chi connectivity index (χ1n) is 6.60. The molecule has 0 aromatic heterocycles. The van der Waals surface area contributed by atoms with Gasteiger partial charge >= 0.3 is 0 Å². The lowest BCUT2D eigenvalue weighted by Crippen LogP contribution is -2.30. The number of carbonyl (C=O) groups excluding carboxylic acids is 1. The molecule has 21 heavy (non-hydrogen) atoms. The van der Waals surface area contributed by atoms with Crippen LogP contribution in [0.4, 0.5) is 0 Å². The van der Waals surface area contributed by atoms with E-state index in [1.165, 1.54) is 6.07 Å². The molecule has 2 atom stereocenters. The molecule has 0 heterocycles. The number of amides is 1. The molecule has 7 heteroatoms. The molecule has 0 aliphatic heterocycles. The first-order valence-corrected chi connectivity index (χ1v) is 8.52. The van der Waals surface area contributed by atoms with Gasteiger partial charge in [-0.2, -0.15) is 5.26 Å². The van der Waals surface area contributed by atoms with E-state index in [0.29, 0.717) is 12.8 Å². The van der Waals surface area contributed by atoms with Crippen LogP contribution < -0.4 is 5.32 Å². The van der Waals surface area contributed by atoms with E-state index < -0.39 is 15.1 Å². The van der Waals surface area contributed by atoms with Crippen molar-refractivity contribution in [1.29, 1.82) is 5.26 Å². The van der Waals surface area contributed by atoms with Gasteiger partial charge in [-0.1, -0.05) is 23.7 Å². The predicted molar refractivity (Wildman–Crippen MR) is 78.4 cm³/mol. The van der Waals surface area contributed by atoms with Crippen molar-refractivity contribution in [3.05, 3.63) is 29.3 Å². The van der Waals surface area contributed by atoms with Crippen LogP contribution in [0, 0.1) is 17.2 Å². The fourth-order valence-corrected chi connectivity index (χ4v) is 4.94. The Kier molecular flexibility index (Phi) is 4.86. The molecule has 1 aromatic carbocycles. The summed E-state index contributed by atoms with van der Waals surface area (Å²) in [6.07, 6.45) is 1.20. The van der Waals surface area contributed by atoms with E-state index in [-0.39, 0.29) is 34.7 Å². The number of rotatable bonds is 4. The molecule has 1 N–H and O–H groups in total. The smallest absolute Gasteiger partial charge is 0.223 e. The van der Waals surface area contributed by atoms with Crippen molar-refractivity contribution < 1.29 is 13.2 Å². The molecular weight excluding hydrogens is 312 g/mol. The number of benzene rings is 1. The summed E-state index contributed by atoms with van der Waals surface area (Å²) in [4.78, 5) is 11.9. The van der Waals surface area contributed by atoms with Crippen molar-refractivity contribution in [3.63, 3.8) is 0 Å². The standard InChI is InChI=1S/C14H15ClN2O3S/c15-12-3-1-2-4-13(12)21(19,20)11-6-5-10(9-11)14(18)17-8-7-16/h1-4,10-11H,5-6,8-9H2,(H,17,18)/t10-,11?/m1/s1. The van der Waals surface area contributed by atoms with Crippen molar-refractivity contribution in [3.8, 4) is 6.07 Å². The van der Waals surface area contributed by atoms with Gasteiger partial charge in [0.15, 0.2) is 9.84 Å². The van der Waals surface area contributed by atoms with E-state index in [9.17, 15) is 13.2 Å². The van der Waals surface area contributed by atoms with Crippen molar-refractivity contribution in [2.45, 2.75) is 29.4 Å². The molecule has 2 rings (SSSR count). The molecule has 5 nitrogen and oxygen atoms in total. The van der Waals surface area contributed by atoms with Crippen LogP contribution in [-0.2, 0) is 14.6 Å². The van der Waals surface area contributed by atoms with Crippen molar-refractivity contribution in [2.24, 2.45) is 5.92 Å². The average molecular weight is 327 g/mol. The van der Waals surface area contributed by atoms with Gasteiger partial charge in [-0.15, -0.1) is 0 Å². The molecule has 0 bridgehead atoms. The largest absolute Gasteiger partial charge is 0.343 e. The molecule has 1 aromatic rings. The highest BCUT2D eigenvalue weighted by Crippen LogP contribution is 2.35. The van der Waals surface area contributed by atoms with Crippen LogP contribution in [0.1, 0.15) is 19.3 Å². The van der Waals surface area contributed by atoms with Crippen LogP contribution in [0.3, 0.4) is 0 Å². The lowest BCUT2D eigenvalue weighted by Gasteiger charge is -2.13. The zero-order chi connectivity index (χ0) is 15.5. The summed E-state index contributed by atoms with van der Waals surface area (Å²) in [7, 11) is -3.53. The Hall–Kier alpha value is -1.58. The second kappa shape index (κ2) is 6.46. The Morgan fingerprint density at radius 1 is 1.38 bits per heavy atom. The van der Waals surface area contributed by atoms with Gasteiger partial charge in [-0.05, 0) is 31.4 Å². The molecular formula is C14H15ClN2O3S. The number of carbonyl (C=O) groups is 1. The number of nitrogens with one attached hydrogen (secondary N) is 1. The lowest BCUT2D eigenvalue weighted by atomic mass is 10.1. The Labute approximate surface area is 128 Å². The minimum Gasteiger partial charge on any atom is -0.343 e. The Balaban J connectivity index is 2.13. The molecule has 1 saturated carbocycles. The Morgan fingerprint density at radius 2 is 2.10 bits per heavy atom. The van der Waals surface area contributed by atoms with Gasteiger partial charge in [-0.3, -0.25) is 4.79 Å². The number of sulfone groups is 1. The maximum absolute atomic E-state index is 12.6. The van der Waals surface area contributed by atoms with Gasteiger partial charge in [0.1, 0.15) is 6.54 Å². The van der Waals surface area contributed by atoms with E-state index in [4.69, 9.17) is 16.9 Å². The fraction of sp³-hybridized carbons (Fsp3) is 0.429. The first-order chi connectivity index (χ1) is 9.96. The van der Waals surface area contributed by atoms with Gasteiger partial charge in [0, 0.05) is 5.92 Å². The normalized spacial score (nSPS) is 21.7. The van der Waals surface area contributed by atoms with Crippen LogP contribution >= 0.6 is 11.6 Å². The summed E-state index contributed by atoms with van der Waals surface area (Å²) >= 11 is 5.96. The van der Waals surface area contributed by atoms with E-state index >= 15 is 0 Å². The molecule has 1 aliphatic carbocycles. The minimum atomic E-state index is -3.53. The average Bonchev–Trinajstić information content (AvgIpc) is 2.95. The number of halogens is 1. The molecule has 112 valence electrons. The SMILES string of the molecule is N#CCNC(=O)[C@@H]1CCC(S(=O)(=O)c2ccccc2Cl)C1. The predicted octanol–water partition coefficient (Wildman–Crippen LogP) is 1.92. The van der Waals surface area contributed by atoms with E-state index in [2.05, 4.69) is 5.32 Å². The van der Waals surface area contributed by atoms with Crippen LogP contribution in [-0.4, -0.2) is 26.1 Å². The van der Waals surface area contributed by atoms with Crippen molar-refractivity contribution >= 4 is 27.3 Å². The zero-order valence-electron chi connectivity index (χ0n) is 11.3. The summed E-state index contributed by atoms with van der Waals surface area (Å²) in [6.45, 7) is -0.0583. The molecule has 0 saturated heterocycles. The Bertz CT molecular complexity index is 682. The minimum absolute atomic E-state index is 0.0583. The molecule has 0 radical (unpaired) electrons. The molecule has 1 unspecified atom stereocenters. The van der Waals surface area contributed by atoms with Gasteiger partial charge in [0.05, 0.1) is 21.2 Å². The van der Waals surface area contributed by atoms with Crippen LogP contribution in [0.5, 0.6) is 0 Å². The molecule has 1 aliphatic rings. The summed E-state index contributed by atoms with van der Waals surface area (Å²) in [5.41, 5.74) is 0. The van der Waals surface area contributed by atoms with Crippen LogP contribution in [0.2, 0.25) is 5.02 Å². The topological polar surface area (TPSA) is 87.0 Å². The number of hydrogen-bond donors (Lipinski definition) is 1. The van der Waals surface area contributed by atoms with Gasteiger partial charge in [0.2, 0.25) is 5.91 Å². The summed E-state index contributed by atoms with van der Waals surface area (Å²) < 4.78 is 25.1. The van der Waals surface area contributed by atoms with Crippen molar-refractivity contribution in [1.82, 2.24) is 5.32 Å². The monoisotopic (exact) mass is 326 g/mol. The Morgan fingerprint density at radius 3 is 2.76 bits per heavy atom. The van der Waals surface area contributed by atoms with Gasteiger partial charge < -0.3 is 5.32 Å². The number of hydrogen-bond acceptors (Lipinski definition) is 4. The highest BCUT2D eigenvalue weighted by atomic mass is 35.5. The maximum atomic E-state index is 12.6. The zero-order valence-corrected chi connectivity index (χ0v) is 12.8. The third-order valence-corrected chi connectivity index (χ3v) is 6.40. The van der Waals surface area contributed by atoms with Gasteiger partial charge in [-0.25, -0.2) is 8.42 Å². The fourth-order valence-electron chi connectivity index (χ4n) is 2.59. The third-order valence-electron chi connectivity index (χ3n) is 3.68. The summed E-state index contributed by atoms with van der Waals surface area (Å²) in [5, 5.41) is 10.5. The van der Waals surface area contributed by atoms with E-state index in [0.717, 1.165) is 0 Å². The quantitative estimate of drug-likeness (QED) is 0.856. The van der Waals surface area contributed by atoms with Crippen LogP contribution in [0.15, 0.2) is 29.2 Å².